The van der Waals surface area contributed by atoms with Crippen LogP contribution in [0.1, 0.15) is 25.6 Å². The van der Waals surface area contributed by atoms with Crippen molar-refractivity contribution in [2.45, 2.75) is 25.8 Å². The maximum absolute atomic E-state index is 11.9. The van der Waals surface area contributed by atoms with Crippen LogP contribution in [0.4, 0.5) is 4.79 Å². The van der Waals surface area contributed by atoms with Crippen LogP contribution in [0.5, 0.6) is 0 Å². The Balaban J connectivity index is 1.47. The molecule has 0 saturated carbocycles. The van der Waals surface area contributed by atoms with Crippen molar-refractivity contribution >= 4 is 28.5 Å². The number of H-pyrrole nitrogens is 1. The number of rotatable bonds is 3. The van der Waals surface area contributed by atoms with Crippen LogP contribution in [0.2, 0.25) is 0 Å². The largest absolute Gasteiger partial charge is 0.510 e. The molecule has 1 saturated heterocycles. The number of carbonyl (C=O) groups is 1. The van der Waals surface area contributed by atoms with Crippen molar-refractivity contribution in [3.8, 4) is 0 Å². The Morgan fingerprint density at radius 1 is 1.37 bits per heavy atom. The highest BCUT2D eigenvalue weighted by Crippen LogP contribution is 2.31. The van der Waals surface area contributed by atoms with E-state index in [2.05, 4.69) is 9.97 Å². The number of fused-ring (bicyclic) bond motifs is 1. The Bertz CT molecular complexity index is 878. The van der Waals surface area contributed by atoms with Crippen molar-refractivity contribution in [2.24, 2.45) is 0 Å². The van der Waals surface area contributed by atoms with E-state index >= 15 is 0 Å². The van der Waals surface area contributed by atoms with Crippen LogP contribution in [-0.2, 0) is 4.74 Å². The van der Waals surface area contributed by atoms with Gasteiger partial charge in [0.2, 0.25) is 0 Å². The molecule has 0 aliphatic carbocycles. The van der Waals surface area contributed by atoms with Crippen molar-refractivity contribution in [1.29, 1.82) is 5.41 Å². The number of nitrogens with zero attached hydrogens (tertiary/aromatic N) is 3. The number of ether oxygens (including phenoxy) is 1. The molecule has 4 rings (SSSR count). The molecule has 1 amide bonds. The number of likely N-dealkylation sites (tertiary alicyclic amines) is 1. The Kier molecular flexibility index (Phi) is 4.47. The molecule has 0 unspecified atom stereocenters. The summed E-state index contributed by atoms with van der Waals surface area (Å²) in [6.07, 6.45) is 1.19. The predicted molar refractivity (Wildman–Crippen MR) is 102 cm³/mol. The number of piperidine rings is 1. The Hall–Kier alpha value is -3.03. The van der Waals surface area contributed by atoms with Crippen LogP contribution >= 0.6 is 0 Å². The summed E-state index contributed by atoms with van der Waals surface area (Å²) in [5.41, 5.74) is 2.14. The lowest BCUT2D eigenvalue weighted by Crippen LogP contribution is -2.47. The molecule has 1 aromatic carbocycles. The molecule has 0 bridgehead atoms. The SMILES string of the molecule is CCOC(=O)N1CCC(N2CC(O)=C(c3nc4ccccc4[nH]3)C2=N)CC1. The maximum atomic E-state index is 11.9. The van der Waals surface area contributed by atoms with Gasteiger partial charge in [-0.1, -0.05) is 12.1 Å². The van der Waals surface area contributed by atoms with Crippen molar-refractivity contribution in [3.63, 3.8) is 0 Å². The van der Waals surface area contributed by atoms with Gasteiger partial charge in [0, 0.05) is 19.1 Å². The lowest BCUT2D eigenvalue weighted by molar-refractivity contribution is 0.0876. The van der Waals surface area contributed by atoms with E-state index in [9.17, 15) is 9.90 Å². The number of aromatic nitrogens is 2. The summed E-state index contributed by atoms with van der Waals surface area (Å²) < 4.78 is 5.05. The zero-order chi connectivity index (χ0) is 19.0. The molecular weight excluding hydrogens is 346 g/mol. The number of hydrogen-bond donors (Lipinski definition) is 3. The number of para-hydroxylation sites is 2. The highest BCUT2D eigenvalue weighted by molar-refractivity contribution is 6.23. The minimum atomic E-state index is -0.281. The Labute approximate surface area is 156 Å². The Morgan fingerprint density at radius 2 is 2.11 bits per heavy atom. The fourth-order valence-corrected chi connectivity index (χ4v) is 3.81. The van der Waals surface area contributed by atoms with Crippen molar-refractivity contribution in [1.82, 2.24) is 19.8 Å². The maximum Gasteiger partial charge on any atom is 0.409 e. The fourth-order valence-electron chi connectivity index (χ4n) is 3.81. The molecule has 1 aromatic heterocycles. The second-order valence-corrected chi connectivity index (χ2v) is 6.82. The smallest absolute Gasteiger partial charge is 0.409 e. The molecule has 0 atom stereocenters. The standard InChI is InChI=1S/C19H23N5O3/c1-2-27-19(26)23-9-7-12(8-10-23)24-11-15(25)16(17(24)20)18-21-13-5-3-4-6-14(13)22-18/h3-6,12,20,25H,2,7-11H2,1H3,(H,21,22). The van der Waals surface area contributed by atoms with Gasteiger partial charge in [-0.2, -0.15) is 0 Å². The van der Waals surface area contributed by atoms with Crippen molar-refractivity contribution in [3.05, 3.63) is 35.8 Å². The molecule has 2 aliphatic heterocycles. The van der Waals surface area contributed by atoms with Gasteiger partial charge in [-0.05, 0) is 31.9 Å². The van der Waals surface area contributed by atoms with Gasteiger partial charge in [0.15, 0.2) is 0 Å². The van der Waals surface area contributed by atoms with Crippen LogP contribution in [0.3, 0.4) is 0 Å². The van der Waals surface area contributed by atoms with Gasteiger partial charge in [-0.15, -0.1) is 0 Å². The molecule has 8 nitrogen and oxygen atoms in total. The molecule has 3 heterocycles. The van der Waals surface area contributed by atoms with Gasteiger partial charge in [0.05, 0.1) is 29.8 Å². The normalized spacial score (nSPS) is 18.6. The monoisotopic (exact) mass is 369 g/mol. The molecule has 142 valence electrons. The second-order valence-electron chi connectivity index (χ2n) is 6.82. The minimum Gasteiger partial charge on any atom is -0.510 e. The van der Waals surface area contributed by atoms with Gasteiger partial charge < -0.3 is 24.6 Å². The third-order valence-corrected chi connectivity index (χ3v) is 5.19. The number of aliphatic hydroxyl groups excluding tert-OH is 1. The van der Waals surface area contributed by atoms with E-state index in [1.54, 1.807) is 11.8 Å². The zero-order valence-electron chi connectivity index (χ0n) is 15.2. The van der Waals surface area contributed by atoms with E-state index in [-0.39, 0.29) is 23.7 Å². The highest BCUT2D eigenvalue weighted by Gasteiger charge is 2.36. The van der Waals surface area contributed by atoms with Crippen LogP contribution in [0.25, 0.3) is 16.6 Å². The van der Waals surface area contributed by atoms with E-state index in [1.165, 1.54) is 0 Å². The molecule has 0 spiro atoms. The summed E-state index contributed by atoms with van der Waals surface area (Å²) in [5.74, 6) is 0.957. The van der Waals surface area contributed by atoms with Crippen LogP contribution in [-0.4, -0.2) is 69.1 Å². The average Bonchev–Trinajstić information content (AvgIpc) is 3.22. The molecule has 3 N–H and O–H groups in total. The number of carbonyl (C=O) groups excluding carboxylic acids is 1. The quantitative estimate of drug-likeness (QED) is 0.771. The Morgan fingerprint density at radius 3 is 2.81 bits per heavy atom. The number of amides is 1. The molecule has 27 heavy (non-hydrogen) atoms. The lowest BCUT2D eigenvalue weighted by atomic mass is 10.0. The molecule has 1 fully saturated rings. The lowest BCUT2D eigenvalue weighted by Gasteiger charge is -2.37. The van der Waals surface area contributed by atoms with Gasteiger partial charge in [-0.25, -0.2) is 9.78 Å². The third kappa shape index (κ3) is 3.11. The third-order valence-electron chi connectivity index (χ3n) is 5.19. The summed E-state index contributed by atoms with van der Waals surface area (Å²) in [4.78, 5) is 23.2. The summed E-state index contributed by atoms with van der Waals surface area (Å²) in [7, 11) is 0. The van der Waals surface area contributed by atoms with Crippen LogP contribution in [0, 0.1) is 5.41 Å². The minimum absolute atomic E-state index is 0.104. The summed E-state index contributed by atoms with van der Waals surface area (Å²) in [6, 6.07) is 7.75. The number of imidazole rings is 1. The molecule has 2 aromatic rings. The van der Waals surface area contributed by atoms with Crippen LogP contribution < -0.4 is 0 Å². The summed E-state index contributed by atoms with van der Waals surface area (Å²) in [6.45, 7) is 3.65. The van der Waals surface area contributed by atoms with Gasteiger partial charge in [0.1, 0.15) is 17.4 Å². The van der Waals surface area contributed by atoms with Gasteiger partial charge in [0.25, 0.3) is 0 Å². The molecule has 8 heteroatoms. The van der Waals surface area contributed by atoms with E-state index in [1.807, 2.05) is 29.2 Å². The second kappa shape index (κ2) is 6.94. The van der Waals surface area contributed by atoms with E-state index in [0.29, 0.717) is 37.6 Å². The number of aliphatic hydroxyl groups is 1. The zero-order valence-corrected chi connectivity index (χ0v) is 15.2. The first kappa shape index (κ1) is 17.4. The first-order chi connectivity index (χ1) is 13.1. The van der Waals surface area contributed by atoms with E-state index in [0.717, 1.165) is 23.9 Å². The predicted octanol–water partition coefficient (Wildman–Crippen LogP) is 2.75. The average molecular weight is 369 g/mol. The number of nitrogens with one attached hydrogen (secondary N) is 2. The highest BCUT2D eigenvalue weighted by atomic mass is 16.6. The van der Waals surface area contributed by atoms with Gasteiger partial charge >= 0.3 is 6.09 Å². The first-order valence-corrected chi connectivity index (χ1v) is 9.23. The van der Waals surface area contributed by atoms with Crippen molar-refractivity contribution < 1.29 is 14.6 Å². The molecular formula is C19H23N5O3. The summed E-state index contributed by atoms with van der Waals surface area (Å²) in [5, 5.41) is 19.1. The summed E-state index contributed by atoms with van der Waals surface area (Å²) >= 11 is 0. The number of aromatic amines is 1. The van der Waals surface area contributed by atoms with E-state index < -0.39 is 0 Å². The van der Waals surface area contributed by atoms with E-state index in [4.69, 9.17) is 10.1 Å². The van der Waals surface area contributed by atoms with Gasteiger partial charge in [-0.3, -0.25) is 5.41 Å². The molecule has 2 aliphatic rings. The van der Waals surface area contributed by atoms with Crippen molar-refractivity contribution in [2.75, 3.05) is 26.2 Å². The number of benzene rings is 1. The first-order valence-electron chi connectivity index (χ1n) is 9.23. The number of amidine groups is 1. The molecule has 0 radical (unpaired) electrons. The fraction of sp³-hybridized carbons (Fsp3) is 0.421. The topological polar surface area (TPSA) is 106 Å². The van der Waals surface area contributed by atoms with Crippen LogP contribution in [0.15, 0.2) is 30.0 Å². The number of hydrogen-bond acceptors (Lipinski definition) is 5.